The molecule has 0 aliphatic heterocycles. The summed E-state index contributed by atoms with van der Waals surface area (Å²) in [7, 11) is 0. The molecule has 4 unspecified atom stereocenters. The number of aliphatic hydroxyl groups excluding tert-OH is 1. The molecule has 2 bridgehead atoms. The molecule has 0 radical (unpaired) electrons. The van der Waals surface area contributed by atoms with E-state index in [0.717, 1.165) is 43.7 Å². The van der Waals surface area contributed by atoms with E-state index in [1.807, 2.05) is 0 Å². The summed E-state index contributed by atoms with van der Waals surface area (Å²) in [5.74, 6) is 2.81. The summed E-state index contributed by atoms with van der Waals surface area (Å²) in [4.78, 5) is 0. The van der Waals surface area contributed by atoms with Crippen molar-refractivity contribution in [3.63, 3.8) is 0 Å². The fraction of sp³-hybridized carbons (Fsp3) is 1.00. The second-order valence-electron chi connectivity index (χ2n) is 6.79. The van der Waals surface area contributed by atoms with Gasteiger partial charge in [0.1, 0.15) is 0 Å². The molecule has 2 aliphatic rings. The molecule has 0 aromatic heterocycles. The second kappa shape index (κ2) is 9.78. The van der Waals surface area contributed by atoms with Crippen LogP contribution in [0.3, 0.4) is 0 Å². The van der Waals surface area contributed by atoms with E-state index in [4.69, 9.17) is 9.47 Å². The van der Waals surface area contributed by atoms with Gasteiger partial charge in [-0.3, -0.25) is 0 Å². The Morgan fingerprint density at radius 2 is 2.00 bits per heavy atom. The van der Waals surface area contributed by atoms with Gasteiger partial charge in [0.05, 0.1) is 25.9 Å². The molecule has 124 valence electrons. The molecule has 2 aliphatic carbocycles. The first-order valence-corrected chi connectivity index (χ1v) is 8.83. The van der Waals surface area contributed by atoms with Gasteiger partial charge in [-0.15, -0.1) is 0 Å². The first-order chi connectivity index (χ1) is 10.3. The van der Waals surface area contributed by atoms with Crippen LogP contribution >= 0.6 is 0 Å². The van der Waals surface area contributed by atoms with E-state index in [1.54, 1.807) is 0 Å². The largest absolute Gasteiger partial charge is 0.389 e. The van der Waals surface area contributed by atoms with Gasteiger partial charge in [0.15, 0.2) is 0 Å². The summed E-state index contributed by atoms with van der Waals surface area (Å²) >= 11 is 0. The van der Waals surface area contributed by atoms with Crippen molar-refractivity contribution in [3.05, 3.63) is 0 Å². The van der Waals surface area contributed by atoms with Crippen molar-refractivity contribution in [2.75, 3.05) is 39.5 Å². The SMILES string of the molecule is CCCCOCCOCC(O)CNCC1CC2CCC1C2. The highest BCUT2D eigenvalue weighted by Gasteiger charge is 2.38. The lowest BCUT2D eigenvalue weighted by atomic mass is 9.89. The molecule has 2 N–H and O–H groups in total. The average molecular weight is 299 g/mol. The number of unbranched alkanes of at least 4 members (excludes halogenated alkanes) is 1. The molecule has 4 nitrogen and oxygen atoms in total. The highest BCUT2D eigenvalue weighted by Crippen LogP contribution is 2.47. The number of ether oxygens (including phenoxy) is 2. The maximum absolute atomic E-state index is 9.87. The van der Waals surface area contributed by atoms with Gasteiger partial charge in [-0.1, -0.05) is 19.8 Å². The summed E-state index contributed by atoms with van der Waals surface area (Å²) in [6.07, 6.45) is 7.61. The first-order valence-electron chi connectivity index (χ1n) is 8.83. The molecule has 2 saturated carbocycles. The third-order valence-electron chi connectivity index (χ3n) is 5.00. The zero-order valence-electron chi connectivity index (χ0n) is 13.6. The molecule has 21 heavy (non-hydrogen) atoms. The van der Waals surface area contributed by atoms with Crippen LogP contribution in [0.5, 0.6) is 0 Å². The van der Waals surface area contributed by atoms with Gasteiger partial charge in [-0.2, -0.15) is 0 Å². The molecule has 0 saturated heterocycles. The third-order valence-corrected chi connectivity index (χ3v) is 5.00. The van der Waals surface area contributed by atoms with Gasteiger partial charge >= 0.3 is 0 Å². The van der Waals surface area contributed by atoms with Crippen molar-refractivity contribution in [1.29, 1.82) is 0 Å². The van der Waals surface area contributed by atoms with E-state index in [9.17, 15) is 5.11 Å². The molecule has 2 fully saturated rings. The van der Waals surface area contributed by atoms with Crippen LogP contribution in [0.2, 0.25) is 0 Å². The minimum absolute atomic E-state index is 0.403. The maximum atomic E-state index is 9.87. The van der Waals surface area contributed by atoms with Crippen LogP contribution in [0.1, 0.15) is 45.4 Å². The van der Waals surface area contributed by atoms with Gasteiger partial charge in [-0.05, 0) is 50.0 Å². The van der Waals surface area contributed by atoms with Gasteiger partial charge in [0.2, 0.25) is 0 Å². The Morgan fingerprint density at radius 1 is 1.14 bits per heavy atom. The van der Waals surface area contributed by atoms with Crippen LogP contribution in [-0.2, 0) is 9.47 Å². The molecule has 0 heterocycles. The Hall–Kier alpha value is -0.160. The van der Waals surface area contributed by atoms with E-state index < -0.39 is 6.10 Å². The van der Waals surface area contributed by atoms with Crippen molar-refractivity contribution in [1.82, 2.24) is 5.32 Å². The zero-order valence-corrected chi connectivity index (χ0v) is 13.6. The molecule has 4 atom stereocenters. The molecular formula is C17H33NO3. The lowest BCUT2D eigenvalue weighted by molar-refractivity contribution is 0.00359. The summed E-state index contributed by atoms with van der Waals surface area (Å²) in [5.41, 5.74) is 0. The summed E-state index contributed by atoms with van der Waals surface area (Å²) in [5, 5.41) is 13.3. The van der Waals surface area contributed by atoms with Crippen molar-refractivity contribution in [2.24, 2.45) is 17.8 Å². The average Bonchev–Trinajstić information content (AvgIpc) is 3.09. The second-order valence-corrected chi connectivity index (χ2v) is 6.79. The fourth-order valence-electron chi connectivity index (χ4n) is 3.81. The van der Waals surface area contributed by atoms with Crippen molar-refractivity contribution in [3.8, 4) is 0 Å². The lowest BCUT2D eigenvalue weighted by Gasteiger charge is -2.22. The van der Waals surface area contributed by atoms with Gasteiger partial charge < -0.3 is 19.9 Å². The van der Waals surface area contributed by atoms with Crippen molar-refractivity contribution < 1.29 is 14.6 Å². The summed E-state index contributed by atoms with van der Waals surface area (Å²) in [6, 6.07) is 0. The standard InChI is InChI=1S/C17H33NO3/c1-2-3-6-20-7-8-21-13-17(19)12-18-11-16-10-14-4-5-15(16)9-14/h14-19H,2-13H2,1H3. The predicted molar refractivity (Wildman–Crippen MR) is 84.4 cm³/mol. The predicted octanol–water partition coefficient (Wildman–Crippen LogP) is 2.21. The van der Waals surface area contributed by atoms with Crippen molar-refractivity contribution in [2.45, 2.75) is 51.6 Å². The first kappa shape index (κ1) is 17.2. The Balaban J connectivity index is 1.39. The van der Waals surface area contributed by atoms with E-state index in [1.165, 1.54) is 25.7 Å². The van der Waals surface area contributed by atoms with Crippen LogP contribution in [0.25, 0.3) is 0 Å². The minimum Gasteiger partial charge on any atom is -0.389 e. The molecular weight excluding hydrogens is 266 g/mol. The summed E-state index contributed by atoms with van der Waals surface area (Å²) < 4.78 is 10.8. The molecule has 0 aromatic rings. The number of rotatable bonds is 12. The van der Waals surface area contributed by atoms with E-state index in [-0.39, 0.29) is 0 Å². The number of aliphatic hydroxyl groups is 1. The Morgan fingerprint density at radius 3 is 2.71 bits per heavy atom. The van der Waals surface area contributed by atoms with E-state index in [2.05, 4.69) is 12.2 Å². The number of hydrogen-bond acceptors (Lipinski definition) is 4. The lowest BCUT2D eigenvalue weighted by Crippen LogP contribution is -2.35. The van der Waals surface area contributed by atoms with Gasteiger partial charge in [0, 0.05) is 13.2 Å². The third kappa shape index (κ3) is 6.23. The number of nitrogens with one attached hydrogen (secondary N) is 1. The monoisotopic (exact) mass is 299 g/mol. The molecule has 0 spiro atoms. The van der Waals surface area contributed by atoms with E-state index in [0.29, 0.717) is 26.4 Å². The maximum Gasteiger partial charge on any atom is 0.0897 e. The van der Waals surface area contributed by atoms with E-state index >= 15 is 0 Å². The van der Waals surface area contributed by atoms with Crippen LogP contribution in [-0.4, -0.2) is 50.7 Å². The molecule has 4 heteroatoms. The zero-order chi connectivity index (χ0) is 14.9. The molecule has 0 amide bonds. The quantitative estimate of drug-likeness (QED) is 0.543. The Kier molecular flexibility index (Phi) is 8.01. The smallest absolute Gasteiger partial charge is 0.0897 e. The number of hydrogen-bond donors (Lipinski definition) is 2. The Bertz CT molecular complexity index is 275. The van der Waals surface area contributed by atoms with Crippen LogP contribution in [0.4, 0.5) is 0 Å². The van der Waals surface area contributed by atoms with Gasteiger partial charge in [0.25, 0.3) is 0 Å². The Labute approximate surface area is 129 Å². The van der Waals surface area contributed by atoms with Crippen molar-refractivity contribution >= 4 is 0 Å². The van der Waals surface area contributed by atoms with Crippen LogP contribution in [0.15, 0.2) is 0 Å². The fourth-order valence-corrected chi connectivity index (χ4v) is 3.81. The minimum atomic E-state index is -0.403. The van der Waals surface area contributed by atoms with Crippen LogP contribution < -0.4 is 5.32 Å². The number of fused-ring (bicyclic) bond motifs is 2. The highest BCUT2D eigenvalue weighted by atomic mass is 16.5. The van der Waals surface area contributed by atoms with Gasteiger partial charge in [-0.25, -0.2) is 0 Å². The molecule has 2 rings (SSSR count). The molecule has 0 aromatic carbocycles. The topological polar surface area (TPSA) is 50.7 Å². The normalized spacial score (nSPS) is 29.1. The highest BCUT2D eigenvalue weighted by molar-refractivity contribution is 4.90. The summed E-state index contributed by atoms with van der Waals surface area (Å²) in [6.45, 7) is 6.29. The van der Waals surface area contributed by atoms with Crippen LogP contribution in [0, 0.1) is 17.8 Å².